The van der Waals surface area contributed by atoms with E-state index in [1.165, 1.54) is 38.5 Å². The maximum Gasteiger partial charge on any atom is 0.0839 e. The molecule has 0 unspecified atom stereocenters. The van der Waals surface area contributed by atoms with E-state index in [1.807, 2.05) is 6.08 Å². The number of hydrogen-bond donors (Lipinski definition) is 0. The van der Waals surface area contributed by atoms with Crippen LogP contribution < -0.4 is 0 Å². The van der Waals surface area contributed by atoms with Gasteiger partial charge in [0.15, 0.2) is 0 Å². The van der Waals surface area contributed by atoms with Crippen molar-refractivity contribution in [1.82, 2.24) is 0 Å². The molecule has 2 saturated carbocycles. The first-order valence-electron chi connectivity index (χ1n) is 8.99. The molecular formula is C20H34O. The Labute approximate surface area is 131 Å². The molecule has 3 rings (SSSR count). The van der Waals surface area contributed by atoms with Crippen LogP contribution in [0.5, 0.6) is 0 Å². The highest BCUT2D eigenvalue weighted by atomic mass is 16.5. The van der Waals surface area contributed by atoms with E-state index in [9.17, 15) is 0 Å². The number of rotatable bonds is 1. The predicted octanol–water partition coefficient (Wildman–Crippen LogP) is 5.74. The first kappa shape index (κ1) is 15.6. The van der Waals surface area contributed by atoms with Gasteiger partial charge in [-0.05, 0) is 75.0 Å². The van der Waals surface area contributed by atoms with Gasteiger partial charge in [-0.15, -0.1) is 6.58 Å². The summed E-state index contributed by atoms with van der Waals surface area (Å²) >= 11 is 0. The summed E-state index contributed by atoms with van der Waals surface area (Å²) in [6.45, 7) is 16.2. The largest absolute Gasteiger partial charge is 0.365 e. The van der Waals surface area contributed by atoms with Gasteiger partial charge in [0, 0.05) is 0 Å². The summed E-state index contributed by atoms with van der Waals surface area (Å²) in [5, 5.41) is 0. The zero-order valence-corrected chi connectivity index (χ0v) is 14.8. The summed E-state index contributed by atoms with van der Waals surface area (Å²) in [6.07, 6.45) is 11.2. The first-order chi connectivity index (χ1) is 9.65. The molecule has 3 aliphatic rings. The zero-order valence-electron chi connectivity index (χ0n) is 14.8. The van der Waals surface area contributed by atoms with Gasteiger partial charge in [0.05, 0.1) is 11.2 Å². The molecule has 0 radical (unpaired) electrons. The van der Waals surface area contributed by atoms with E-state index in [0.29, 0.717) is 10.8 Å². The molecule has 0 bridgehead atoms. The van der Waals surface area contributed by atoms with Crippen LogP contribution in [0.25, 0.3) is 0 Å². The highest BCUT2D eigenvalue weighted by molar-refractivity contribution is 5.12. The molecule has 1 saturated heterocycles. The van der Waals surface area contributed by atoms with E-state index in [-0.39, 0.29) is 11.2 Å². The molecule has 0 N–H and O–H groups in total. The highest BCUT2D eigenvalue weighted by Gasteiger charge is 2.61. The van der Waals surface area contributed by atoms with E-state index in [1.54, 1.807) is 0 Å². The number of ether oxygens (including phenoxy) is 1. The fourth-order valence-corrected chi connectivity index (χ4v) is 6.52. The molecule has 0 aromatic carbocycles. The Morgan fingerprint density at radius 2 is 1.57 bits per heavy atom. The summed E-state index contributed by atoms with van der Waals surface area (Å²) < 4.78 is 6.68. The third-order valence-corrected chi connectivity index (χ3v) is 7.57. The van der Waals surface area contributed by atoms with Gasteiger partial charge in [-0.3, -0.25) is 0 Å². The van der Waals surface area contributed by atoms with Crippen molar-refractivity contribution in [2.45, 2.75) is 90.8 Å². The van der Waals surface area contributed by atoms with Crippen molar-refractivity contribution in [2.24, 2.45) is 22.7 Å². The minimum atomic E-state index is -0.112. The lowest BCUT2D eigenvalue weighted by Gasteiger charge is -2.65. The summed E-state index contributed by atoms with van der Waals surface area (Å²) in [5.41, 5.74) is 0.920. The predicted molar refractivity (Wildman–Crippen MR) is 89.3 cm³/mol. The average molecular weight is 290 g/mol. The molecule has 120 valence electrons. The van der Waals surface area contributed by atoms with Gasteiger partial charge >= 0.3 is 0 Å². The maximum atomic E-state index is 6.68. The van der Waals surface area contributed by atoms with Crippen molar-refractivity contribution in [3.05, 3.63) is 12.7 Å². The van der Waals surface area contributed by atoms with Gasteiger partial charge in [-0.25, -0.2) is 0 Å². The van der Waals surface area contributed by atoms with Crippen LogP contribution in [0.1, 0.15) is 79.6 Å². The Balaban J connectivity index is 1.94. The zero-order chi connectivity index (χ0) is 15.5. The molecule has 0 spiro atoms. The summed E-state index contributed by atoms with van der Waals surface area (Å²) in [4.78, 5) is 0. The fourth-order valence-electron chi connectivity index (χ4n) is 6.52. The monoisotopic (exact) mass is 290 g/mol. The summed E-state index contributed by atoms with van der Waals surface area (Å²) in [5.74, 6) is 1.59. The van der Waals surface area contributed by atoms with Crippen molar-refractivity contribution >= 4 is 0 Å². The Hall–Kier alpha value is -0.300. The Bertz CT molecular complexity index is 439. The van der Waals surface area contributed by atoms with Gasteiger partial charge < -0.3 is 4.74 Å². The van der Waals surface area contributed by atoms with E-state index < -0.39 is 0 Å². The van der Waals surface area contributed by atoms with Gasteiger partial charge in [0.2, 0.25) is 0 Å². The molecule has 0 aromatic heterocycles. The molecule has 21 heavy (non-hydrogen) atoms. The lowest BCUT2D eigenvalue weighted by Crippen LogP contribution is -2.62. The molecule has 1 heteroatoms. The second-order valence-electron chi connectivity index (χ2n) is 9.46. The van der Waals surface area contributed by atoms with Gasteiger partial charge in [0.25, 0.3) is 0 Å². The number of hydrogen-bond acceptors (Lipinski definition) is 1. The van der Waals surface area contributed by atoms with Crippen LogP contribution in [0.3, 0.4) is 0 Å². The standard InChI is InChI=1S/C20H34O/c1-7-18(4)13-9-16-19(5)12-8-11-17(2,3)15(19)10-14-20(16,6)21-18/h7,15-16H,1,8-14H2,2-6H3/t15-,16+,18+,19-,20+/m0/s1. The van der Waals surface area contributed by atoms with E-state index in [0.717, 1.165) is 18.3 Å². The van der Waals surface area contributed by atoms with Gasteiger partial charge in [-0.2, -0.15) is 0 Å². The van der Waals surface area contributed by atoms with Crippen LogP contribution in [-0.2, 0) is 4.74 Å². The molecule has 0 aromatic rings. The van der Waals surface area contributed by atoms with Crippen molar-refractivity contribution in [3.8, 4) is 0 Å². The van der Waals surface area contributed by atoms with E-state index in [4.69, 9.17) is 4.74 Å². The molecule has 1 aliphatic heterocycles. The third-order valence-electron chi connectivity index (χ3n) is 7.57. The average Bonchev–Trinajstić information content (AvgIpc) is 2.36. The smallest absolute Gasteiger partial charge is 0.0839 e. The highest BCUT2D eigenvalue weighted by Crippen LogP contribution is 2.65. The van der Waals surface area contributed by atoms with E-state index in [2.05, 4.69) is 41.2 Å². The van der Waals surface area contributed by atoms with Crippen molar-refractivity contribution in [3.63, 3.8) is 0 Å². The minimum absolute atomic E-state index is 0.0554. The quantitative estimate of drug-likeness (QED) is 0.559. The van der Waals surface area contributed by atoms with Gasteiger partial charge in [0.1, 0.15) is 0 Å². The van der Waals surface area contributed by atoms with Crippen LogP contribution in [0.4, 0.5) is 0 Å². The van der Waals surface area contributed by atoms with Gasteiger partial charge in [-0.1, -0.05) is 33.3 Å². The lowest BCUT2D eigenvalue weighted by atomic mass is 9.44. The SMILES string of the molecule is C=C[C@]1(C)CC[C@@H]2[C@@]3(C)CCCC(C)(C)[C@@H]3CC[C@@]2(C)O1. The Morgan fingerprint density at radius 3 is 2.24 bits per heavy atom. The fraction of sp³-hybridized carbons (Fsp3) is 0.900. The molecule has 2 aliphatic carbocycles. The number of fused-ring (bicyclic) bond motifs is 3. The normalized spacial score (nSPS) is 52.6. The Morgan fingerprint density at radius 1 is 0.905 bits per heavy atom. The first-order valence-corrected chi connectivity index (χ1v) is 8.99. The van der Waals surface area contributed by atoms with Crippen LogP contribution in [-0.4, -0.2) is 11.2 Å². The molecule has 0 amide bonds. The summed E-state index contributed by atoms with van der Waals surface area (Å²) in [6, 6.07) is 0. The molecule has 1 heterocycles. The molecule has 1 nitrogen and oxygen atoms in total. The molecular weight excluding hydrogens is 256 g/mol. The topological polar surface area (TPSA) is 9.23 Å². The lowest BCUT2D eigenvalue weighted by molar-refractivity contribution is -0.252. The van der Waals surface area contributed by atoms with E-state index >= 15 is 0 Å². The minimum Gasteiger partial charge on any atom is -0.365 e. The third kappa shape index (κ3) is 2.22. The van der Waals surface area contributed by atoms with Crippen LogP contribution in [0.2, 0.25) is 0 Å². The molecule has 5 atom stereocenters. The maximum absolute atomic E-state index is 6.68. The second kappa shape index (κ2) is 4.60. The van der Waals surface area contributed by atoms with Crippen molar-refractivity contribution in [1.29, 1.82) is 0 Å². The van der Waals surface area contributed by atoms with Crippen LogP contribution in [0, 0.1) is 22.7 Å². The van der Waals surface area contributed by atoms with Crippen molar-refractivity contribution in [2.75, 3.05) is 0 Å². The molecule has 3 fully saturated rings. The second-order valence-corrected chi connectivity index (χ2v) is 9.46. The Kier molecular flexibility index (Phi) is 3.41. The summed E-state index contributed by atoms with van der Waals surface area (Å²) in [7, 11) is 0. The van der Waals surface area contributed by atoms with Crippen LogP contribution in [0.15, 0.2) is 12.7 Å². The van der Waals surface area contributed by atoms with Crippen molar-refractivity contribution < 1.29 is 4.74 Å². The van der Waals surface area contributed by atoms with Crippen LogP contribution >= 0.6 is 0 Å².